The van der Waals surface area contributed by atoms with Gasteiger partial charge in [-0.1, -0.05) is 18.5 Å². The number of hydrogen-bond donors (Lipinski definition) is 1. The van der Waals surface area contributed by atoms with Gasteiger partial charge in [0.2, 0.25) is 0 Å². The van der Waals surface area contributed by atoms with Crippen LogP contribution in [-0.2, 0) is 6.54 Å². The van der Waals surface area contributed by atoms with Crippen LogP contribution < -0.4 is 5.32 Å². The number of halogens is 1. The van der Waals surface area contributed by atoms with Crippen molar-refractivity contribution in [2.45, 2.75) is 52.1 Å². The molecule has 1 aliphatic carbocycles. The second-order valence-corrected chi connectivity index (χ2v) is 5.64. The zero-order valence-electron chi connectivity index (χ0n) is 10.7. The summed E-state index contributed by atoms with van der Waals surface area (Å²) >= 11 is 5.97. The minimum atomic E-state index is 0.707. The van der Waals surface area contributed by atoms with Gasteiger partial charge in [-0.15, -0.1) is 0 Å². The molecule has 0 aliphatic heterocycles. The van der Waals surface area contributed by atoms with Gasteiger partial charge >= 0.3 is 0 Å². The van der Waals surface area contributed by atoms with Crippen molar-refractivity contribution in [3.8, 4) is 0 Å². The van der Waals surface area contributed by atoms with Gasteiger partial charge in [0, 0.05) is 18.8 Å². The molecule has 0 spiro atoms. The molecule has 0 unspecified atom stereocenters. The van der Waals surface area contributed by atoms with Crippen LogP contribution in [0, 0.1) is 12.8 Å². The molecule has 4 heteroatoms. The molecular weight excluding hydrogens is 234 g/mol. The first kappa shape index (κ1) is 12.9. The standard InChI is InChI=1S/C13H22ClN3/c1-10-3-5-12(6-4-10)15-7-8-17-9-13(14)11(2)16-17/h9-10,12,15H,3-8H2,1-2H3. The third kappa shape index (κ3) is 3.71. The zero-order chi connectivity index (χ0) is 12.3. The third-order valence-corrected chi connectivity index (χ3v) is 4.05. The fourth-order valence-electron chi connectivity index (χ4n) is 2.46. The predicted octanol–water partition coefficient (Wildman–Crippen LogP) is 3.01. The quantitative estimate of drug-likeness (QED) is 0.896. The number of aromatic nitrogens is 2. The molecule has 1 N–H and O–H groups in total. The van der Waals surface area contributed by atoms with Gasteiger partial charge in [-0.05, 0) is 38.5 Å². The summed E-state index contributed by atoms with van der Waals surface area (Å²) < 4.78 is 1.93. The molecule has 1 heterocycles. The fourth-order valence-corrected chi connectivity index (χ4v) is 2.61. The maximum Gasteiger partial charge on any atom is 0.0814 e. The third-order valence-electron chi connectivity index (χ3n) is 3.68. The lowest BCUT2D eigenvalue weighted by Crippen LogP contribution is -2.34. The highest BCUT2D eigenvalue weighted by Gasteiger charge is 2.17. The van der Waals surface area contributed by atoms with E-state index >= 15 is 0 Å². The summed E-state index contributed by atoms with van der Waals surface area (Å²) in [5, 5.41) is 8.73. The Kier molecular flexibility index (Phi) is 4.46. The number of hydrogen-bond acceptors (Lipinski definition) is 2. The maximum atomic E-state index is 5.97. The fraction of sp³-hybridized carbons (Fsp3) is 0.769. The summed E-state index contributed by atoms with van der Waals surface area (Å²) in [5.41, 5.74) is 0.915. The maximum absolute atomic E-state index is 5.97. The zero-order valence-corrected chi connectivity index (χ0v) is 11.5. The van der Waals surface area contributed by atoms with Crippen LogP contribution >= 0.6 is 11.6 Å². The molecule has 1 aliphatic rings. The minimum absolute atomic E-state index is 0.707. The molecule has 1 fully saturated rings. The number of nitrogens with one attached hydrogen (secondary N) is 1. The van der Waals surface area contributed by atoms with Gasteiger partial charge in [-0.2, -0.15) is 5.10 Å². The smallest absolute Gasteiger partial charge is 0.0814 e. The molecule has 0 amide bonds. The summed E-state index contributed by atoms with van der Waals surface area (Å²) in [6.07, 6.45) is 7.27. The molecule has 0 atom stereocenters. The second-order valence-electron chi connectivity index (χ2n) is 5.24. The molecule has 17 heavy (non-hydrogen) atoms. The lowest BCUT2D eigenvalue weighted by atomic mass is 9.87. The Bertz CT molecular complexity index is 334. The number of nitrogens with zero attached hydrogens (tertiary/aromatic N) is 2. The molecule has 2 rings (SSSR count). The van der Waals surface area contributed by atoms with Crippen LogP contribution in [0.2, 0.25) is 5.02 Å². The SMILES string of the molecule is Cc1nn(CCNC2CCC(C)CC2)cc1Cl. The van der Waals surface area contributed by atoms with Crippen molar-refractivity contribution in [3.05, 3.63) is 16.9 Å². The highest BCUT2D eigenvalue weighted by molar-refractivity contribution is 6.31. The van der Waals surface area contributed by atoms with Crippen molar-refractivity contribution in [2.75, 3.05) is 6.54 Å². The molecular formula is C13H22ClN3. The van der Waals surface area contributed by atoms with Gasteiger partial charge in [0.25, 0.3) is 0 Å². The Morgan fingerprint density at radius 3 is 2.71 bits per heavy atom. The van der Waals surface area contributed by atoms with Crippen LogP contribution in [0.3, 0.4) is 0 Å². The van der Waals surface area contributed by atoms with Crippen molar-refractivity contribution >= 4 is 11.6 Å². The molecule has 0 bridgehead atoms. The van der Waals surface area contributed by atoms with E-state index in [2.05, 4.69) is 17.3 Å². The van der Waals surface area contributed by atoms with Crippen LogP contribution in [0.4, 0.5) is 0 Å². The average molecular weight is 256 g/mol. The summed E-state index contributed by atoms with van der Waals surface area (Å²) in [7, 11) is 0. The van der Waals surface area contributed by atoms with Gasteiger partial charge in [0.05, 0.1) is 17.3 Å². The van der Waals surface area contributed by atoms with Crippen molar-refractivity contribution in [3.63, 3.8) is 0 Å². The molecule has 0 saturated heterocycles. The largest absolute Gasteiger partial charge is 0.312 e. The Hall–Kier alpha value is -0.540. The molecule has 1 aromatic heterocycles. The lowest BCUT2D eigenvalue weighted by molar-refractivity contribution is 0.304. The Morgan fingerprint density at radius 2 is 2.12 bits per heavy atom. The van der Waals surface area contributed by atoms with Gasteiger partial charge in [0.1, 0.15) is 0 Å². The summed E-state index contributed by atoms with van der Waals surface area (Å²) in [5.74, 6) is 0.917. The monoisotopic (exact) mass is 255 g/mol. The minimum Gasteiger partial charge on any atom is -0.312 e. The van der Waals surface area contributed by atoms with Crippen molar-refractivity contribution in [1.29, 1.82) is 0 Å². The molecule has 0 radical (unpaired) electrons. The van der Waals surface area contributed by atoms with Crippen LogP contribution in [0.15, 0.2) is 6.20 Å². The molecule has 0 aromatic carbocycles. The summed E-state index contributed by atoms with van der Waals surface area (Å²) in [4.78, 5) is 0. The first-order valence-electron chi connectivity index (χ1n) is 6.58. The van der Waals surface area contributed by atoms with Gasteiger partial charge in [-0.3, -0.25) is 4.68 Å². The van der Waals surface area contributed by atoms with E-state index in [1.165, 1.54) is 25.7 Å². The van der Waals surface area contributed by atoms with Crippen LogP contribution in [0.5, 0.6) is 0 Å². The van der Waals surface area contributed by atoms with Crippen LogP contribution in [0.25, 0.3) is 0 Å². The van der Waals surface area contributed by atoms with E-state index in [1.807, 2.05) is 17.8 Å². The highest BCUT2D eigenvalue weighted by atomic mass is 35.5. The van der Waals surface area contributed by atoms with E-state index < -0.39 is 0 Å². The number of rotatable bonds is 4. The molecule has 1 saturated carbocycles. The van der Waals surface area contributed by atoms with Crippen molar-refractivity contribution in [1.82, 2.24) is 15.1 Å². The van der Waals surface area contributed by atoms with Crippen LogP contribution in [-0.4, -0.2) is 22.4 Å². The Balaban J connectivity index is 1.69. The lowest BCUT2D eigenvalue weighted by Gasteiger charge is -2.27. The van der Waals surface area contributed by atoms with Crippen molar-refractivity contribution < 1.29 is 0 Å². The van der Waals surface area contributed by atoms with Gasteiger partial charge in [0.15, 0.2) is 0 Å². The first-order valence-corrected chi connectivity index (χ1v) is 6.96. The van der Waals surface area contributed by atoms with E-state index in [-0.39, 0.29) is 0 Å². The summed E-state index contributed by atoms with van der Waals surface area (Å²) in [6.45, 7) is 6.18. The van der Waals surface area contributed by atoms with E-state index in [0.29, 0.717) is 6.04 Å². The predicted molar refractivity (Wildman–Crippen MR) is 71.4 cm³/mol. The molecule has 1 aromatic rings. The van der Waals surface area contributed by atoms with E-state index in [1.54, 1.807) is 0 Å². The molecule has 3 nitrogen and oxygen atoms in total. The van der Waals surface area contributed by atoms with E-state index in [9.17, 15) is 0 Å². The average Bonchev–Trinajstić information content (AvgIpc) is 2.61. The Labute approximate surface area is 109 Å². The summed E-state index contributed by atoms with van der Waals surface area (Å²) in [6, 6.07) is 0.707. The second kappa shape index (κ2) is 5.87. The Morgan fingerprint density at radius 1 is 1.41 bits per heavy atom. The van der Waals surface area contributed by atoms with Crippen LogP contribution in [0.1, 0.15) is 38.3 Å². The normalized spacial score (nSPS) is 25.1. The highest BCUT2D eigenvalue weighted by Crippen LogP contribution is 2.23. The topological polar surface area (TPSA) is 29.9 Å². The van der Waals surface area contributed by atoms with E-state index in [4.69, 9.17) is 11.6 Å². The number of aryl methyl sites for hydroxylation is 1. The van der Waals surface area contributed by atoms with Gasteiger partial charge < -0.3 is 5.32 Å². The van der Waals surface area contributed by atoms with Crippen molar-refractivity contribution in [2.24, 2.45) is 5.92 Å². The first-order chi connectivity index (χ1) is 8.15. The molecule has 96 valence electrons. The van der Waals surface area contributed by atoms with Gasteiger partial charge in [-0.25, -0.2) is 0 Å². The van der Waals surface area contributed by atoms with E-state index in [0.717, 1.165) is 29.7 Å².